The van der Waals surface area contributed by atoms with Crippen molar-refractivity contribution in [3.8, 4) is 10.4 Å². The molecular formula is C10H9NO2S2. The van der Waals surface area contributed by atoms with Gasteiger partial charge in [0.2, 0.25) is 0 Å². The van der Waals surface area contributed by atoms with E-state index in [1.165, 1.54) is 11.3 Å². The van der Waals surface area contributed by atoms with Crippen molar-refractivity contribution in [3.63, 3.8) is 0 Å². The number of rotatable bonds is 3. The van der Waals surface area contributed by atoms with Crippen molar-refractivity contribution in [2.75, 3.05) is 12.4 Å². The van der Waals surface area contributed by atoms with Crippen LogP contribution in [0.15, 0.2) is 22.9 Å². The minimum Gasteiger partial charge on any atom is -0.478 e. The normalized spacial score (nSPS) is 10.2. The van der Waals surface area contributed by atoms with Crippen molar-refractivity contribution in [1.82, 2.24) is 0 Å². The monoisotopic (exact) mass is 239 g/mol. The molecular weight excluding hydrogens is 230 g/mol. The van der Waals surface area contributed by atoms with Crippen LogP contribution >= 0.6 is 22.7 Å². The Morgan fingerprint density at radius 2 is 2.27 bits per heavy atom. The average molecular weight is 239 g/mol. The first kappa shape index (κ1) is 10.2. The third-order valence-corrected chi connectivity index (χ3v) is 3.92. The molecule has 2 N–H and O–H groups in total. The standard InChI is InChI=1S/C10H9NO2S2/c1-11-9-8(10(12)13)6(5-15-9)7-3-2-4-14-7/h2-5,11H,1H3,(H,12,13). The van der Waals surface area contributed by atoms with E-state index >= 15 is 0 Å². The SMILES string of the molecule is CNc1scc(-c2cccs2)c1C(=O)O. The van der Waals surface area contributed by atoms with Gasteiger partial charge < -0.3 is 10.4 Å². The van der Waals surface area contributed by atoms with Crippen LogP contribution in [-0.2, 0) is 0 Å². The molecule has 0 unspecified atom stereocenters. The Balaban J connectivity index is 2.58. The highest BCUT2D eigenvalue weighted by Gasteiger charge is 2.18. The van der Waals surface area contributed by atoms with Crippen LogP contribution in [0.4, 0.5) is 5.00 Å². The van der Waals surface area contributed by atoms with Gasteiger partial charge >= 0.3 is 5.97 Å². The second kappa shape index (κ2) is 4.04. The van der Waals surface area contributed by atoms with Crippen molar-refractivity contribution in [3.05, 3.63) is 28.5 Å². The maximum atomic E-state index is 11.1. The van der Waals surface area contributed by atoms with Gasteiger partial charge in [-0.15, -0.1) is 22.7 Å². The number of carbonyl (C=O) groups is 1. The maximum Gasteiger partial charge on any atom is 0.339 e. The summed E-state index contributed by atoms with van der Waals surface area (Å²) in [7, 11) is 1.73. The molecule has 0 fully saturated rings. The van der Waals surface area contributed by atoms with Crippen LogP contribution < -0.4 is 5.32 Å². The van der Waals surface area contributed by atoms with E-state index in [0.717, 1.165) is 10.4 Å². The Hall–Kier alpha value is -1.33. The number of carboxylic acid groups (broad SMARTS) is 1. The lowest BCUT2D eigenvalue weighted by Gasteiger charge is -2.00. The summed E-state index contributed by atoms with van der Waals surface area (Å²) in [5, 5.41) is 16.6. The highest BCUT2D eigenvalue weighted by atomic mass is 32.1. The summed E-state index contributed by atoms with van der Waals surface area (Å²) in [5.41, 5.74) is 1.16. The largest absolute Gasteiger partial charge is 0.478 e. The number of anilines is 1. The van der Waals surface area contributed by atoms with Crippen molar-refractivity contribution in [2.45, 2.75) is 0 Å². The van der Waals surface area contributed by atoms with Gasteiger partial charge in [-0.25, -0.2) is 4.79 Å². The van der Waals surface area contributed by atoms with Crippen molar-refractivity contribution in [2.24, 2.45) is 0 Å². The number of nitrogens with one attached hydrogen (secondary N) is 1. The first-order chi connectivity index (χ1) is 7.24. The van der Waals surface area contributed by atoms with E-state index in [1.54, 1.807) is 18.4 Å². The summed E-state index contributed by atoms with van der Waals surface area (Å²) in [4.78, 5) is 12.1. The first-order valence-corrected chi connectivity index (χ1v) is 6.06. The van der Waals surface area contributed by atoms with Gasteiger partial charge in [0.05, 0.1) is 0 Å². The van der Waals surface area contributed by atoms with E-state index in [1.807, 2.05) is 22.9 Å². The molecule has 2 heterocycles. The Kier molecular flexibility index (Phi) is 2.75. The Labute approximate surface area is 95.0 Å². The third-order valence-electron chi connectivity index (χ3n) is 2.02. The van der Waals surface area contributed by atoms with Gasteiger partial charge in [0.15, 0.2) is 0 Å². The maximum absolute atomic E-state index is 11.1. The molecule has 2 aromatic heterocycles. The van der Waals surface area contributed by atoms with Gasteiger partial charge in [-0.3, -0.25) is 0 Å². The number of thiophene rings is 2. The fraction of sp³-hybridized carbons (Fsp3) is 0.100. The fourth-order valence-corrected chi connectivity index (χ4v) is 3.10. The molecule has 0 saturated carbocycles. The number of aromatic carboxylic acids is 1. The number of hydrogen-bond acceptors (Lipinski definition) is 4. The lowest BCUT2D eigenvalue weighted by Crippen LogP contribution is -2.00. The zero-order valence-electron chi connectivity index (χ0n) is 7.98. The fourth-order valence-electron chi connectivity index (χ4n) is 1.37. The van der Waals surface area contributed by atoms with E-state index in [-0.39, 0.29) is 0 Å². The Morgan fingerprint density at radius 1 is 1.47 bits per heavy atom. The molecule has 0 bridgehead atoms. The summed E-state index contributed by atoms with van der Waals surface area (Å²) < 4.78 is 0. The predicted molar refractivity (Wildman–Crippen MR) is 64.1 cm³/mol. The zero-order valence-corrected chi connectivity index (χ0v) is 9.61. The minimum atomic E-state index is -0.885. The van der Waals surface area contributed by atoms with Gasteiger partial charge in [-0.05, 0) is 11.4 Å². The van der Waals surface area contributed by atoms with Crippen LogP contribution in [0.25, 0.3) is 10.4 Å². The highest BCUT2D eigenvalue weighted by molar-refractivity contribution is 7.16. The van der Waals surface area contributed by atoms with Crippen molar-refractivity contribution < 1.29 is 9.90 Å². The Bertz CT molecular complexity index is 474. The predicted octanol–water partition coefficient (Wildman–Crippen LogP) is 3.22. The molecule has 0 saturated heterocycles. The van der Waals surface area contributed by atoms with Gasteiger partial charge in [-0.1, -0.05) is 6.07 Å². The van der Waals surface area contributed by atoms with Crippen LogP contribution in [0.5, 0.6) is 0 Å². The van der Waals surface area contributed by atoms with Crippen LogP contribution in [0.1, 0.15) is 10.4 Å². The van der Waals surface area contributed by atoms with Crippen LogP contribution in [0.2, 0.25) is 0 Å². The molecule has 3 nitrogen and oxygen atoms in total. The highest BCUT2D eigenvalue weighted by Crippen LogP contribution is 2.37. The second-order valence-corrected chi connectivity index (χ2v) is 4.71. The van der Waals surface area contributed by atoms with E-state index < -0.39 is 5.97 Å². The molecule has 0 atom stereocenters. The Morgan fingerprint density at radius 3 is 2.80 bits per heavy atom. The van der Waals surface area contributed by atoms with Gasteiger partial charge in [0, 0.05) is 22.9 Å². The van der Waals surface area contributed by atoms with Crippen molar-refractivity contribution >= 4 is 33.6 Å². The van der Waals surface area contributed by atoms with E-state index in [2.05, 4.69) is 5.32 Å². The molecule has 2 aromatic rings. The number of hydrogen-bond donors (Lipinski definition) is 2. The van der Waals surface area contributed by atoms with E-state index in [9.17, 15) is 4.79 Å². The molecule has 0 aromatic carbocycles. The smallest absolute Gasteiger partial charge is 0.339 e. The summed E-state index contributed by atoms with van der Waals surface area (Å²) in [6, 6.07) is 3.85. The average Bonchev–Trinajstić information content (AvgIpc) is 2.85. The summed E-state index contributed by atoms with van der Waals surface area (Å²) >= 11 is 2.96. The quantitative estimate of drug-likeness (QED) is 0.864. The first-order valence-electron chi connectivity index (χ1n) is 4.30. The lowest BCUT2D eigenvalue weighted by molar-refractivity contribution is 0.0699. The molecule has 2 rings (SSSR count). The molecule has 0 radical (unpaired) electrons. The topological polar surface area (TPSA) is 49.3 Å². The van der Waals surface area contributed by atoms with Gasteiger partial charge in [0.1, 0.15) is 10.6 Å². The zero-order chi connectivity index (χ0) is 10.8. The lowest BCUT2D eigenvalue weighted by atomic mass is 10.1. The van der Waals surface area contributed by atoms with Gasteiger partial charge in [0.25, 0.3) is 0 Å². The second-order valence-electron chi connectivity index (χ2n) is 2.89. The molecule has 0 spiro atoms. The van der Waals surface area contributed by atoms with Gasteiger partial charge in [-0.2, -0.15) is 0 Å². The molecule has 78 valence electrons. The van der Waals surface area contributed by atoms with E-state index in [4.69, 9.17) is 5.11 Å². The minimum absolute atomic E-state index is 0.366. The summed E-state index contributed by atoms with van der Waals surface area (Å²) in [5.74, 6) is -0.885. The number of carboxylic acids is 1. The molecule has 0 amide bonds. The van der Waals surface area contributed by atoms with Crippen molar-refractivity contribution in [1.29, 1.82) is 0 Å². The van der Waals surface area contributed by atoms with Crippen LogP contribution in [0, 0.1) is 0 Å². The van der Waals surface area contributed by atoms with Crippen LogP contribution in [-0.4, -0.2) is 18.1 Å². The third kappa shape index (κ3) is 1.75. The molecule has 0 aliphatic heterocycles. The van der Waals surface area contributed by atoms with E-state index in [0.29, 0.717) is 10.6 Å². The van der Waals surface area contributed by atoms with Crippen LogP contribution in [0.3, 0.4) is 0 Å². The molecule has 0 aliphatic rings. The molecule has 5 heteroatoms. The molecule has 0 aliphatic carbocycles. The summed E-state index contributed by atoms with van der Waals surface area (Å²) in [6.45, 7) is 0. The molecule has 15 heavy (non-hydrogen) atoms. The summed E-state index contributed by atoms with van der Waals surface area (Å²) in [6.07, 6.45) is 0.